The van der Waals surface area contributed by atoms with E-state index in [9.17, 15) is 23.2 Å². The van der Waals surface area contributed by atoms with Gasteiger partial charge in [-0.05, 0) is 30.9 Å². The summed E-state index contributed by atoms with van der Waals surface area (Å²) in [5.74, 6) is 0.0834. The van der Waals surface area contributed by atoms with Crippen LogP contribution < -0.4 is 9.64 Å². The van der Waals surface area contributed by atoms with E-state index in [4.69, 9.17) is 14.6 Å². The molecule has 142 valence electrons. The van der Waals surface area contributed by atoms with Crippen LogP contribution in [0.25, 0.3) is 0 Å². The summed E-state index contributed by atoms with van der Waals surface area (Å²) in [7, 11) is 1.55. The number of rotatable bonds is 4. The standard InChI is InChI=1S/C15H18N2O3.C2HF3O/c1-20-14-4-2-3-13(12(14)10-16)17-7-5-11(6-8-17)9-15(18)19;3-2(4,5)1-6/h2-4,11H,5-9H2,1H3,(H,18,19);1H. The first kappa shape index (κ1) is 21.3. The number of halogens is 3. The third-order valence-electron chi connectivity index (χ3n) is 3.89. The van der Waals surface area contributed by atoms with Crippen LogP contribution in [0, 0.1) is 17.2 Å². The van der Waals surface area contributed by atoms with Crippen LogP contribution in [0.4, 0.5) is 18.9 Å². The molecule has 1 fully saturated rings. The highest BCUT2D eigenvalue weighted by Crippen LogP contribution is 2.32. The summed E-state index contributed by atoms with van der Waals surface area (Å²) in [4.78, 5) is 21.6. The number of anilines is 1. The molecular weight excluding hydrogens is 353 g/mol. The van der Waals surface area contributed by atoms with Crippen molar-refractivity contribution >= 4 is 17.9 Å². The number of aliphatic carboxylic acids is 1. The fraction of sp³-hybridized carbons (Fsp3) is 0.471. The van der Waals surface area contributed by atoms with Gasteiger partial charge in [0, 0.05) is 19.5 Å². The Morgan fingerprint density at radius 2 is 2.00 bits per heavy atom. The van der Waals surface area contributed by atoms with Crippen LogP contribution in [0.1, 0.15) is 24.8 Å². The van der Waals surface area contributed by atoms with Crippen LogP contribution in [0.15, 0.2) is 18.2 Å². The number of carbonyl (C=O) groups excluding carboxylic acids is 1. The van der Waals surface area contributed by atoms with Gasteiger partial charge in [-0.3, -0.25) is 9.59 Å². The van der Waals surface area contributed by atoms with E-state index in [1.807, 2.05) is 12.1 Å². The summed E-state index contributed by atoms with van der Waals surface area (Å²) < 4.78 is 36.5. The predicted octanol–water partition coefficient (Wildman–Crippen LogP) is 3.01. The zero-order valence-corrected chi connectivity index (χ0v) is 14.1. The number of aldehydes is 1. The summed E-state index contributed by atoms with van der Waals surface area (Å²) in [5.41, 5.74) is 1.42. The van der Waals surface area contributed by atoms with E-state index in [0.717, 1.165) is 31.6 Å². The van der Waals surface area contributed by atoms with Gasteiger partial charge in [0.2, 0.25) is 6.29 Å². The molecule has 0 radical (unpaired) electrons. The van der Waals surface area contributed by atoms with Crippen molar-refractivity contribution in [1.82, 2.24) is 0 Å². The average molecular weight is 372 g/mol. The first-order valence-electron chi connectivity index (χ1n) is 7.78. The normalized spacial score (nSPS) is 14.7. The highest BCUT2D eigenvalue weighted by molar-refractivity contribution is 5.67. The third kappa shape index (κ3) is 6.63. The van der Waals surface area contributed by atoms with Gasteiger partial charge in [0.15, 0.2) is 0 Å². The average Bonchev–Trinajstić information content (AvgIpc) is 2.61. The van der Waals surface area contributed by atoms with E-state index in [1.165, 1.54) is 0 Å². The van der Waals surface area contributed by atoms with Crippen molar-refractivity contribution in [1.29, 1.82) is 5.26 Å². The molecule has 1 aliphatic rings. The second kappa shape index (κ2) is 9.65. The van der Waals surface area contributed by atoms with Crippen LogP contribution in [-0.2, 0) is 9.59 Å². The van der Waals surface area contributed by atoms with Gasteiger partial charge in [-0.15, -0.1) is 0 Å². The SMILES string of the molecule is COc1cccc(N2CCC(CC(=O)O)CC2)c1C#N.O=CC(F)(F)F. The first-order chi connectivity index (χ1) is 12.2. The Labute approximate surface area is 148 Å². The van der Waals surface area contributed by atoms with Crippen LogP contribution >= 0.6 is 0 Å². The third-order valence-corrected chi connectivity index (χ3v) is 3.89. The van der Waals surface area contributed by atoms with E-state index >= 15 is 0 Å². The van der Waals surface area contributed by atoms with E-state index < -0.39 is 18.4 Å². The van der Waals surface area contributed by atoms with Crippen molar-refractivity contribution in [2.45, 2.75) is 25.4 Å². The number of carboxylic acid groups (broad SMARTS) is 1. The molecule has 26 heavy (non-hydrogen) atoms. The molecular formula is C17H19F3N2O4. The molecule has 1 heterocycles. The molecule has 0 atom stereocenters. The minimum absolute atomic E-state index is 0.233. The molecule has 0 amide bonds. The van der Waals surface area contributed by atoms with Gasteiger partial charge in [-0.1, -0.05) is 6.07 Å². The maximum atomic E-state index is 10.7. The highest BCUT2D eigenvalue weighted by Gasteiger charge is 2.25. The van der Waals surface area contributed by atoms with Gasteiger partial charge in [-0.25, -0.2) is 0 Å². The van der Waals surface area contributed by atoms with E-state index in [0.29, 0.717) is 11.3 Å². The van der Waals surface area contributed by atoms with Crippen LogP contribution in [-0.4, -0.2) is 43.7 Å². The van der Waals surface area contributed by atoms with Crippen LogP contribution in [0.2, 0.25) is 0 Å². The number of alkyl halides is 3. The van der Waals surface area contributed by atoms with Gasteiger partial charge in [-0.2, -0.15) is 18.4 Å². The lowest BCUT2D eigenvalue weighted by Crippen LogP contribution is -2.34. The second-order valence-corrected chi connectivity index (χ2v) is 5.65. The molecule has 0 aliphatic carbocycles. The summed E-state index contributed by atoms with van der Waals surface area (Å²) in [5, 5.41) is 18.1. The first-order valence-corrected chi connectivity index (χ1v) is 7.78. The van der Waals surface area contributed by atoms with Crippen molar-refractivity contribution in [2.24, 2.45) is 5.92 Å². The number of nitrogens with zero attached hydrogens (tertiary/aromatic N) is 2. The van der Waals surface area contributed by atoms with Crippen molar-refractivity contribution in [3.63, 3.8) is 0 Å². The zero-order valence-electron chi connectivity index (χ0n) is 14.1. The predicted molar refractivity (Wildman–Crippen MR) is 87.0 cm³/mol. The lowest BCUT2D eigenvalue weighted by atomic mass is 9.93. The molecule has 0 saturated carbocycles. The Hall–Kier alpha value is -2.76. The minimum Gasteiger partial charge on any atom is -0.495 e. The molecule has 1 N–H and O–H groups in total. The fourth-order valence-electron chi connectivity index (χ4n) is 2.69. The van der Waals surface area contributed by atoms with Crippen molar-refractivity contribution in [2.75, 3.05) is 25.1 Å². The Bertz CT molecular complexity index is 663. The topological polar surface area (TPSA) is 90.6 Å². The molecule has 9 heteroatoms. The Morgan fingerprint density at radius 1 is 1.42 bits per heavy atom. The number of ether oxygens (including phenoxy) is 1. The van der Waals surface area contributed by atoms with Crippen molar-refractivity contribution in [3.05, 3.63) is 23.8 Å². The minimum atomic E-state index is -4.64. The number of piperidine rings is 1. The van der Waals surface area contributed by atoms with Crippen LogP contribution in [0.5, 0.6) is 5.75 Å². The molecule has 0 aromatic heterocycles. The number of benzene rings is 1. The molecule has 1 aliphatic heterocycles. The highest BCUT2D eigenvalue weighted by atomic mass is 19.4. The molecule has 0 unspecified atom stereocenters. The lowest BCUT2D eigenvalue weighted by molar-refractivity contribution is -0.156. The van der Waals surface area contributed by atoms with E-state index in [-0.39, 0.29) is 12.3 Å². The number of hydrogen-bond acceptors (Lipinski definition) is 5. The van der Waals surface area contributed by atoms with Gasteiger partial charge in [0.05, 0.1) is 12.8 Å². The Kier molecular flexibility index (Phi) is 7.90. The van der Waals surface area contributed by atoms with Gasteiger partial charge in [0.25, 0.3) is 0 Å². The summed E-state index contributed by atoms with van der Waals surface area (Å²) in [6.45, 7) is 1.56. The maximum Gasteiger partial charge on any atom is 0.446 e. The zero-order chi connectivity index (χ0) is 19.7. The number of carbonyl (C=O) groups is 2. The van der Waals surface area contributed by atoms with Crippen molar-refractivity contribution in [3.8, 4) is 11.8 Å². The molecule has 0 spiro atoms. The lowest BCUT2D eigenvalue weighted by Gasteiger charge is -2.33. The molecule has 6 nitrogen and oxygen atoms in total. The molecule has 1 aromatic carbocycles. The van der Waals surface area contributed by atoms with Crippen LogP contribution in [0.3, 0.4) is 0 Å². The molecule has 2 rings (SSSR count). The van der Waals surface area contributed by atoms with Gasteiger partial charge >= 0.3 is 12.1 Å². The Morgan fingerprint density at radius 3 is 2.42 bits per heavy atom. The van der Waals surface area contributed by atoms with Crippen molar-refractivity contribution < 1.29 is 32.6 Å². The number of nitriles is 1. The largest absolute Gasteiger partial charge is 0.495 e. The quantitative estimate of drug-likeness (QED) is 0.817. The van der Waals surface area contributed by atoms with E-state index in [2.05, 4.69) is 11.0 Å². The molecule has 1 saturated heterocycles. The Balaban J connectivity index is 0.000000487. The number of hydrogen-bond donors (Lipinski definition) is 1. The monoisotopic (exact) mass is 372 g/mol. The van der Waals surface area contributed by atoms with Gasteiger partial charge < -0.3 is 14.7 Å². The smallest absolute Gasteiger partial charge is 0.446 e. The fourth-order valence-corrected chi connectivity index (χ4v) is 2.69. The number of methoxy groups -OCH3 is 1. The second-order valence-electron chi connectivity index (χ2n) is 5.65. The summed E-state index contributed by atoms with van der Waals surface area (Å²) in [6.07, 6.45) is -3.78. The summed E-state index contributed by atoms with van der Waals surface area (Å²) in [6, 6.07) is 7.76. The molecule has 1 aromatic rings. The molecule has 0 bridgehead atoms. The maximum absolute atomic E-state index is 10.7. The number of carboxylic acids is 1. The van der Waals surface area contributed by atoms with Gasteiger partial charge in [0.1, 0.15) is 17.4 Å². The summed E-state index contributed by atoms with van der Waals surface area (Å²) >= 11 is 0. The van der Waals surface area contributed by atoms with E-state index in [1.54, 1.807) is 13.2 Å².